The van der Waals surface area contributed by atoms with E-state index < -0.39 is 0 Å². The van der Waals surface area contributed by atoms with Gasteiger partial charge in [-0.2, -0.15) is 0 Å². The molecule has 1 saturated heterocycles. The summed E-state index contributed by atoms with van der Waals surface area (Å²) >= 11 is 3.54. The van der Waals surface area contributed by atoms with Crippen molar-refractivity contribution < 1.29 is 14.3 Å². The molecule has 0 atom stereocenters. The highest BCUT2D eigenvalue weighted by Gasteiger charge is 2.21. The Balaban J connectivity index is 1.59. The number of aromatic nitrogens is 2. The highest BCUT2D eigenvalue weighted by molar-refractivity contribution is 9.10. The molecule has 0 saturated carbocycles. The summed E-state index contributed by atoms with van der Waals surface area (Å²) < 4.78 is 13.0. The quantitative estimate of drug-likeness (QED) is 0.363. The Morgan fingerprint density at radius 1 is 1.16 bits per heavy atom. The molecule has 2 heterocycles. The van der Waals surface area contributed by atoms with E-state index in [-0.39, 0.29) is 6.10 Å². The number of hydrogen-bond donors (Lipinski definition) is 1. The summed E-state index contributed by atoms with van der Waals surface area (Å²) in [5, 5.41) is 4.25. The number of allylic oxidation sites excluding steroid dienone is 1. The molecule has 1 aliphatic heterocycles. The maximum absolute atomic E-state index is 10.5. The van der Waals surface area contributed by atoms with Crippen molar-refractivity contribution in [2.45, 2.75) is 25.9 Å². The molecular formula is C24H25BrN4O3. The van der Waals surface area contributed by atoms with Gasteiger partial charge in [0.2, 0.25) is 0 Å². The molecule has 32 heavy (non-hydrogen) atoms. The number of hydrogen-bond acceptors (Lipinski definition) is 7. The minimum atomic E-state index is 0.0670. The number of aryl methyl sites for hydroxylation is 1. The van der Waals surface area contributed by atoms with Crippen LogP contribution in [-0.4, -0.2) is 47.5 Å². The maximum Gasteiger partial charge on any atom is 0.162 e. The third-order valence-corrected chi connectivity index (χ3v) is 6.38. The van der Waals surface area contributed by atoms with Crippen molar-refractivity contribution >= 4 is 44.6 Å². The molecule has 1 aliphatic rings. The number of methoxy groups -OCH3 is 1. The largest absolute Gasteiger partial charge is 0.493 e. The van der Waals surface area contributed by atoms with Gasteiger partial charge in [0.1, 0.15) is 24.5 Å². The lowest BCUT2D eigenvalue weighted by atomic mass is 10.1. The molecule has 0 radical (unpaired) electrons. The first-order valence-electron chi connectivity index (χ1n) is 10.5. The molecule has 1 aromatic heterocycles. The highest BCUT2D eigenvalue weighted by atomic mass is 79.9. The summed E-state index contributed by atoms with van der Waals surface area (Å²) in [5.74, 6) is 2.02. The number of aldehydes is 1. The number of piperidine rings is 1. The van der Waals surface area contributed by atoms with Crippen LogP contribution in [0.2, 0.25) is 0 Å². The predicted molar refractivity (Wildman–Crippen MR) is 129 cm³/mol. The van der Waals surface area contributed by atoms with Crippen molar-refractivity contribution in [1.29, 1.82) is 0 Å². The molecule has 8 heteroatoms. The lowest BCUT2D eigenvalue weighted by Crippen LogP contribution is -2.35. The van der Waals surface area contributed by atoms with E-state index in [1.54, 1.807) is 13.4 Å². The molecule has 0 spiro atoms. The standard InChI is InChI=1S/C24H25BrN4O3/c1-16-12-17(4-5-20(16)25)28-24-19-13-23(22(31-2)14-21(19)26-15-27-24)32-18-6-9-29(10-7-18)8-3-11-30/h3-5,8,11-15,18H,6-7,9-10H2,1-2H3,(H,26,27,28). The van der Waals surface area contributed by atoms with Crippen LogP contribution in [0.4, 0.5) is 11.5 Å². The van der Waals surface area contributed by atoms with Gasteiger partial charge in [-0.1, -0.05) is 15.9 Å². The van der Waals surface area contributed by atoms with Crippen LogP contribution in [0.1, 0.15) is 18.4 Å². The third kappa shape index (κ3) is 5.02. The van der Waals surface area contributed by atoms with Crippen LogP contribution in [0.3, 0.4) is 0 Å². The number of halogens is 1. The van der Waals surface area contributed by atoms with Gasteiger partial charge in [0.05, 0.1) is 12.6 Å². The molecule has 1 N–H and O–H groups in total. The number of carbonyl (C=O) groups excluding carboxylic acids is 1. The molecule has 1 fully saturated rings. The third-order valence-electron chi connectivity index (χ3n) is 5.49. The number of rotatable bonds is 7. The second-order valence-corrected chi connectivity index (χ2v) is 8.52. The summed E-state index contributed by atoms with van der Waals surface area (Å²) in [6, 6.07) is 9.90. The van der Waals surface area contributed by atoms with E-state index in [4.69, 9.17) is 9.47 Å². The van der Waals surface area contributed by atoms with Gasteiger partial charge in [0.25, 0.3) is 0 Å². The Labute approximate surface area is 195 Å². The van der Waals surface area contributed by atoms with E-state index in [9.17, 15) is 4.79 Å². The van der Waals surface area contributed by atoms with Crippen molar-refractivity contribution in [1.82, 2.24) is 14.9 Å². The number of ether oxygens (including phenoxy) is 2. The van der Waals surface area contributed by atoms with Crippen LogP contribution in [-0.2, 0) is 4.79 Å². The van der Waals surface area contributed by atoms with Crippen molar-refractivity contribution in [2.24, 2.45) is 0 Å². The van der Waals surface area contributed by atoms with E-state index in [2.05, 4.69) is 42.2 Å². The van der Waals surface area contributed by atoms with Gasteiger partial charge in [-0.25, -0.2) is 9.97 Å². The summed E-state index contributed by atoms with van der Waals surface area (Å²) in [4.78, 5) is 21.5. The molecular weight excluding hydrogens is 472 g/mol. The number of nitrogens with zero attached hydrogens (tertiary/aromatic N) is 3. The fraction of sp³-hybridized carbons (Fsp3) is 0.292. The molecule has 0 bridgehead atoms. The second-order valence-electron chi connectivity index (χ2n) is 7.66. The van der Waals surface area contributed by atoms with Crippen LogP contribution >= 0.6 is 15.9 Å². The van der Waals surface area contributed by atoms with E-state index in [1.807, 2.05) is 37.4 Å². The number of fused-ring (bicyclic) bond motifs is 1. The van der Waals surface area contributed by atoms with Gasteiger partial charge < -0.3 is 19.7 Å². The first kappa shape index (κ1) is 22.1. The van der Waals surface area contributed by atoms with E-state index >= 15 is 0 Å². The fourth-order valence-electron chi connectivity index (χ4n) is 3.75. The van der Waals surface area contributed by atoms with Crippen LogP contribution in [0, 0.1) is 6.92 Å². The predicted octanol–water partition coefficient (Wildman–Crippen LogP) is 5.01. The van der Waals surface area contributed by atoms with Crippen molar-refractivity contribution in [3.63, 3.8) is 0 Å². The number of benzene rings is 2. The van der Waals surface area contributed by atoms with Gasteiger partial charge >= 0.3 is 0 Å². The summed E-state index contributed by atoms with van der Waals surface area (Å²) in [5.41, 5.74) is 2.85. The second kappa shape index (κ2) is 9.99. The Hall–Kier alpha value is -3.13. The number of likely N-dealkylation sites (tertiary alicyclic amines) is 1. The molecule has 166 valence electrons. The first-order chi connectivity index (χ1) is 15.6. The van der Waals surface area contributed by atoms with Crippen LogP contribution in [0.5, 0.6) is 11.5 Å². The molecule has 7 nitrogen and oxygen atoms in total. The summed E-state index contributed by atoms with van der Waals surface area (Å²) in [6.45, 7) is 3.72. The zero-order chi connectivity index (χ0) is 22.5. The highest BCUT2D eigenvalue weighted by Crippen LogP contribution is 2.36. The molecule has 2 aromatic carbocycles. The topological polar surface area (TPSA) is 76.6 Å². The molecule has 0 amide bonds. The average Bonchev–Trinajstić information content (AvgIpc) is 2.81. The van der Waals surface area contributed by atoms with Crippen molar-refractivity contribution in [3.05, 3.63) is 59.0 Å². The monoisotopic (exact) mass is 496 g/mol. The van der Waals surface area contributed by atoms with Crippen molar-refractivity contribution in [2.75, 3.05) is 25.5 Å². The Bertz CT molecular complexity index is 1140. The van der Waals surface area contributed by atoms with Gasteiger partial charge in [0, 0.05) is 53.7 Å². The average molecular weight is 497 g/mol. The van der Waals surface area contributed by atoms with Gasteiger partial charge in [-0.3, -0.25) is 4.79 Å². The summed E-state index contributed by atoms with van der Waals surface area (Å²) in [6.07, 6.45) is 7.48. The fourth-order valence-corrected chi connectivity index (χ4v) is 4.00. The Morgan fingerprint density at radius 3 is 2.69 bits per heavy atom. The zero-order valence-corrected chi connectivity index (χ0v) is 19.6. The normalized spacial score (nSPS) is 14.7. The minimum Gasteiger partial charge on any atom is -0.493 e. The van der Waals surface area contributed by atoms with Crippen LogP contribution in [0.15, 0.2) is 53.4 Å². The van der Waals surface area contributed by atoms with E-state index in [0.29, 0.717) is 17.3 Å². The lowest BCUT2D eigenvalue weighted by Gasteiger charge is -2.31. The molecule has 4 rings (SSSR count). The minimum absolute atomic E-state index is 0.0670. The van der Waals surface area contributed by atoms with Crippen LogP contribution in [0.25, 0.3) is 10.9 Å². The molecule has 0 aliphatic carbocycles. The van der Waals surface area contributed by atoms with Gasteiger partial charge in [-0.05, 0) is 42.8 Å². The van der Waals surface area contributed by atoms with Crippen LogP contribution < -0.4 is 14.8 Å². The maximum atomic E-state index is 10.5. The number of carbonyl (C=O) groups is 1. The van der Waals surface area contributed by atoms with Gasteiger partial charge in [0.15, 0.2) is 11.5 Å². The van der Waals surface area contributed by atoms with E-state index in [0.717, 1.165) is 58.8 Å². The van der Waals surface area contributed by atoms with Crippen molar-refractivity contribution in [3.8, 4) is 11.5 Å². The first-order valence-corrected chi connectivity index (χ1v) is 11.3. The lowest BCUT2D eigenvalue weighted by molar-refractivity contribution is -0.104. The Kier molecular flexibility index (Phi) is 6.90. The molecule has 3 aromatic rings. The Morgan fingerprint density at radius 2 is 1.97 bits per heavy atom. The summed E-state index contributed by atoms with van der Waals surface area (Å²) in [7, 11) is 1.63. The SMILES string of the molecule is COc1cc2ncnc(Nc3ccc(Br)c(C)c3)c2cc1OC1CCN(C=CC=O)CC1. The van der Waals surface area contributed by atoms with E-state index in [1.165, 1.54) is 6.08 Å². The number of nitrogens with one attached hydrogen (secondary N) is 1. The zero-order valence-electron chi connectivity index (χ0n) is 18.0. The smallest absolute Gasteiger partial charge is 0.162 e. The van der Waals surface area contributed by atoms with Gasteiger partial charge in [-0.15, -0.1) is 0 Å². The molecule has 0 unspecified atom stereocenters. The number of anilines is 2.